The summed E-state index contributed by atoms with van der Waals surface area (Å²) in [7, 11) is 0. The van der Waals surface area contributed by atoms with Gasteiger partial charge >= 0.3 is 0 Å². The fourth-order valence-corrected chi connectivity index (χ4v) is 5.72. The second kappa shape index (κ2) is 3.71. The molecule has 0 aromatic rings. The van der Waals surface area contributed by atoms with E-state index in [1.165, 1.54) is 38.5 Å². The first kappa shape index (κ1) is 12.0. The highest BCUT2D eigenvalue weighted by Gasteiger charge is 2.60. The Morgan fingerprint density at radius 3 is 2.12 bits per heavy atom. The molecule has 0 aromatic carbocycles. The molecule has 0 amide bonds. The number of hydrogen-bond donors (Lipinski definition) is 2. The smallest absolute Gasteiger partial charge is 0.0718 e. The second-order valence-electron chi connectivity index (χ2n) is 7.59. The van der Waals surface area contributed by atoms with Gasteiger partial charge in [0.2, 0.25) is 0 Å². The van der Waals surface area contributed by atoms with Gasteiger partial charge in [-0.3, -0.25) is 0 Å². The minimum Gasteiger partial charge on any atom is -0.391 e. The van der Waals surface area contributed by atoms with Crippen LogP contribution in [0.1, 0.15) is 52.4 Å². The molecule has 4 bridgehead atoms. The average molecular weight is 237 g/mol. The van der Waals surface area contributed by atoms with Crippen LogP contribution in [0.5, 0.6) is 0 Å². The molecule has 0 spiro atoms. The van der Waals surface area contributed by atoms with Crippen LogP contribution < -0.4 is 5.73 Å². The molecule has 17 heavy (non-hydrogen) atoms. The SMILES string of the molecule is CC(C)C12CC3CC(C1)CC(C(O)CN)(C3)C2. The molecule has 0 saturated heterocycles. The van der Waals surface area contributed by atoms with E-state index in [0.29, 0.717) is 12.0 Å². The molecule has 3 unspecified atom stereocenters. The maximum Gasteiger partial charge on any atom is 0.0718 e. The van der Waals surface area contributed by atoms with Gasteiger partial charge in [0.15, 0.2) is 0 Å². The van der Waals surface area contributed by atoms with Crippen LogP contribution in [0.15, 0.2) is 0 Å². The molecule has 2 nitrogen and oxygen atoms in total. The Hall–Kier alpha value is -0.0800. The van der Waals surface area contributed by atoms with Crippen molar-refractivity contribution in [2.24, 2.45) is 34.3 Å². The summed E-state index contributed by atoms with van der Waals surface area (Å²) >= 11 is 0. The van der Waals surface area contributed by atoms with Gasteiger partial charge in [-0.15, -0.1) is 0 Å². The van der Waals surface area contributed by atoms with Crippen LogP contribution >= 0.6 is 0 Å². The van der Waals surface area contributed by atoms with E-state index in [0.717, 1.165) is 17.8 Å². The van der Waals surface area contributed by atoms with Crippen LogP contribution in [0.4, 0.5) is 0 Å². The number of aliphatic hydroxyl groups is 1. The van der Waals surface area contributed by atoms with Gasteiger partial charge in [0, 0.05) is 6.54 Å². The maximum atomic E-state index is 10.4. The lowest BCUT2D eigenvalue weighted by Gasteiger charge is -2.65. The van der Waals surface area contributed by atoms with Gasteiger partial charge in [0.05, 0.1) is 6.10 Å². The van der Waals surface area contributed by atoms with Crippen LogP contribution in [0, 0.1) is 28.6 Å². The summed E-state index contributed by atoms with van der Waals surface area (Å²) in [5.74, 6) is 2.51. The van der Waals surface area contributed by atoms with E-state index >= 15 is 0 Å². The molecule has 98 valence electrons. The van der Waals surface area contributed by atoms with E-state index < -0.39 is 0 Å². The molecule has 4 fully saturated rings. The van der Waals surface area contributed by atoms with Crippen LogP contribution in [0.25, 0.3) is 0 Å². The summed E-state index contributed by atoms with van der Waals surface area (Å²) < 4.78 is 0. The van der Waals surface area contributed by atoms with Crippen molar-refractivity contribution < 1.29 is 5.11 Å². The fraction of sp³-hybridized carbons (Fsp3) is 1.00. The topological polar surface area (TPSA) is 46.2 Å². The van der Waals surface area contributed by atoms with Crippen molar-refractivity contribution in [1.29, 1.82) is 0 Å². The predicted molar refractivity (Wildman–Crippen MR) is 69.4 cm³/mol. The molecule has 4 aliphatic carbocycles. The van der Waals surface area contributed by atoms with Gasteiger partial charge in [0.1, 0.15) is 0 Å². The minimum atomic E-state index is -0.258. The quantitative estimate of drug-likeness (QED) is 0.792. The third-order valence-corrected chi connectivity index (χ3v) is 6.31. The molecular formula is C15H27NO. The van der Waals surface area contributed by atoms with Crippen LogP contribution in [-0.2, 0) is 0 Å². The van der Waals surface area contributed by atoms with Gasteiger partial charge in [-0.25, -0.2) is 0 Å². The standard InChI is InChI=1S/C15H27NO/c1-10(2)14-4-11-3-12(5-14)7-15(6-11,9-14)13(17)8-16/h10-13,17H,3-9,16H2,1-2H3. The first-order valence-electron chi connectivity index (χ1n) is 7.38. The summed E-state index contributed by atoms with van der Waals surface area (Å²) in [4.78, 5) is 0. The Morgan fingerprint density at radius 2 is 1.65 bits per heavy atom. The zero-order valence-corrected chi connectivity index (χ0v) is 11.3. The van der Waals surface area contributed by atoms with Gasteiger partial charge in [-0.2, -0.15) is 0 Å². The number of hydrogen-bond acceptors (Lipinski definition) is 2. The van der Waals surface area contributed by atoms with E-state index in [4.69, 9.17) is 5.73 Å². The Kier molecular flexibility index (Phi) is 2.61. The molecule has 0 aromatic heterocycles. The molecule has 0 aliphatic heterocycles. The average Bonchev–Trinajstić information content (AvgIpc) is 2.26. The Bertz CT molecular complexity index is 298. The molecule has 0 radical (unpaired) electrons. The van der Waals surface area contributed by atoms with Crippen molar-refractivity contribution in [3.05, 3.63) is 0 Å². The Labute approximate surface area is 105 Å². The van der Waals surface area contributed by atoms with Crippen molar-refractivity contribution in [2.75, 3.05) is 6.54 Å². The highest BCUT2D eigenvalue weighted by Crippen LogP contribution is 2.68. The van der Waals surface area contributed by atoms with E-state index in [2.05, 4.69) is 13.8 Å². The summed E-state index contributed by atoms with van der Waals surface area (Å²) in [6, 6.07) is 0. The van der Waals surface area contributed by atoms with Crippen molar-refractivity contribution in [1.82, 2.24) is 0 Å². The molecule has 4 aliphatic rings. The largest absolute Gasteiger partial charge is 0.391 e. The summed E-state index contributed by atoms with van der Waals surface area (Å²) in [5.41, 5.74) is 6.47. The van der Waals surface area contributed by atoms with Crippen molar-refractivity contribution in [2.45, 2.75) is 58.5 Å². The first-order valence-corrected chi connectivity index (χ1v) is 7.38. The molecular weight excluding hydrogens is 210 g/mol. The van der Waals surface area contributed by atoms with E-state index in [1.54, 1.807) is 0 Å². The third kappa shape index (κ3) is 1.60. The summed E-state index contributed by atoms with van der Waals surface area (Å²) in [6.07, 6.45) is 7.73. The lowest BCUT2D eigenvalue weighted by Crippen LogP contribution is -2.58. The molecule has 4 saturated carbocycles. The molecule has 2 heteroatoms. The van der Waals surface area contributed by atoms with Gasteiger partial charge in [0.25, 0.3) is 0 Å². The zero-order valence-electron chi connectivity index (χ0n) is 11.3. The molecule has 0 heterocycles. The van der Waals surface area contributed by atoms with Gasteiger partial charge < -0.3 is 10.8 Å². The maximum absolute atomic E-state index is 10.4. The minimum absolute atomic E-state index is 0.184. The van der Waals surface area contributed by atoms with Gasteiger partial charge in [-0.05, 0) is 67.1 Å². The number of rotatable bonds is 3. The Balaban J connectivity index is 1.94. The van der Waals surface area contributed by atoms with Crippen LogP contribution in [0.3, 0.4) is 0 Å². The normalized spacial score (nSPS) is 49.9. The molecule has 3 N–H and O–H groups in total. The van der Waals surface area contributed by atoms with E-state index in [1.807, 2.05) is 0 Å². The predicted octanol–water partition coefficient (Wildman–Crippen LogP) is 2.55. The highest BCUT2D eigenvalue weighted by molar-refractivity contribution is 5.10. The van der Waals surface area contributed by atoms with Crippen molar-refractivity contribution >= 4 is 0 Å². The lowest BCUT2D eigenvalue weighted by atomic mass is 9.41. The summed E-state index contributed by atoms with van der Waals surface area (Å²) in [5, 5.41) is 10.4. The number of aliphatic hydroxyl groups excluding tert-OH is 1. The highest BCUT2D eigenvalue weighted by atomic mass is 16.3. The van der Waals surface area contributed by atoms with Gasteiger partial charge in [-0.1, -0.05) is 13.8 Å². The zero-order chi connectivity index (χ0) is 12.3. The Morgan fingerprint density at radius 1 is 1.12 bits per heavy atom. The lowest BCUT2D eigenvalue weighted by molar-refractivity contribution is -0.170. The third-order valence-electron chi connectivity index (χ3n) is 6.31. The summed E-state index contributed by atoms with van der Waals surface area (Å²) in [6.45, 7) is 5.22. The first-order chi connectivity index (χ1) is 8.00. The number of nitrogens with two attached hydrogens (primary N) is 1. The van der Waals surface area contributed by atoms with Crippen LogP contribution in [-0.4, -0.2) is 17.8 Å². The van der Waals surface area contributed by atoms with Crippen LogP contribution in [0.2, 0.25) is 0 Å². The second-order valence-corrected chi connectivity index (χ2v) is 7.59. The fourth-order valence-electron chi connectivity index (χ4n) is 5.72. The van der Waals surface area contributed by atoms with Crippen molar-refractivity contribution in [3.8, 4) is 0 Å². The van der Waals surface area contributed by atoms with Crippen molar-refractivity contribution in [3.63, 3.8) is 0 Å². The molecule has 3 atom stereocenters. The monoisotopic (exact) mass is 237 g/mol. The van der Waals surface area contributed by atoms with E-state index in [9.17, 15) is 5.11 Å². The van der Waals surface area contributed by atoms with E-state index in [-0.39, 0.29) is 11.5 Å². The molecule has 4 rings (SSSR count).